The van der Waals surface area contributed by atoms with Gasteiger partial charge in [-0.25, -0.2) is 4.79 Å². The summed E-state index contributed by atoms with van der Waals surface area (Å²) in [5.74, 6) is -1.02. The molecule has 0 heterocycles. The lowest BCUT2D eigenvalue weighted by atomic mass is 9.77. The van der Waals surface area contributed by atoms with Crippen molar-refractivity contribution in [3.8, 4) is 12.1 Å². The Bertz CT molecular complexity index is 1150. The minimum atomic E-state index is -1.05. The molecule has 0 radical (unpaired) electrons. The number of nitriles is 2. The zero-order valence-electron chi connectivity index (χ0n) is 17.5. The van der Waals surface area contributed by atoms with Crippen molar-refractivity contribution in [2.75, 3.05) is 12.0 Å². The Labute approximate surface area is 195 Å². The lowest BCUT2D eigenvalue weighted by Gasteiger charge is -2.25. The Morgan fingerprint density at radius 2 is 1.84 bits per heavy atom. The lowest BCUT2D eigenvalue weighted by Crippen LogP contribution is -2.36. The van der Waals surface area contributed by atoms with Gasteiger partial charge < -0.3 is 4.74 Å². The molecule has 2 amide bonds. The van der Waals surface area contributed by atoms with Gasteiger partial charge in [0.15, 0.2) is 0 Å². The first-order valence-corrected chi connectivity index (χ1v) is 10.1. The standard InChI is InChI=1S/C22H19Cl2N5O3/c1-4-32-21(31)27-20(30)19(11-25)29-28-18-10-17(24)16(9-13(18)2)22(3,12-26)14-5-7-15(23)8-6-14/h5-10,28H,4H2,1-3H3,(H,27,30,31). The normalized spacial score (nSPS) is 12.7. The number of anilines is 1. The number of nitrogens with zero attached hydrogens (tertiary/aromatic N) is 3. The Morgan fingerprint density at radius 3 is 2.41 bits per heavy atom. The Balaban J connectivity index is 2.34. The number of rotatable bonds is 6. The maximum Gasteiger partial charge on any atom is 0.414 e. The van der Waals surface area contributed by atoms with E-state index in [-0.39, 0.29) is 11.6 Å². The third-order valence-corrected chi connectivity index (χ3v) is 5.16. The minimum absolute atomic E-state index is 0.0675. The zero-order valence-corrected chi connectivity index (χ0v) is 19.0. The van der Waals surface area contributed by atoms with Gasteiger partial charge in [-0.15, -0.1) is 0 Å². The van der Waals surface area contributed by atoms with Crippen LogP contribution in [0.5, 0.6) is 0 Å². The smallest absolute Gasteiger partial charge is 0.414 e. The number of nitrogens with one attached hydrogen (secondary N) is 2. The molecule has 1 unspecified atom stereocenters. The van der Waals surface area contributed by atoms with E-state index in [1.807, 2.05) is 5.32 Å². The fourth-order valence-corrected chi connectivity index (χ4v) is 3.29. The average molecular weight is 472 g/mol. The van der Waals surface area contributed by atoms with Crippen LogP contribution in [0.2, 0.25) is 10.0 Å². The summed E-state index contributed by atoms with van der Waals surface area (Å²) in [6.45, 7) is 5.14. The highest BCUT2D eigenvalue weighted by Gasteiger charge is 2.31. The van der Waals surface area contributed by atoms with E-state index in [0.29, 0.717) is 27.4 Å². The number of hydrogen-bond acceptors (Lipinski definition) is 7. The van der Waals surface area contributed by atoms with E-state index >= 15 is 0 Å². The van der Waals surface area contributed by atoms with E-state index in [9.17, 15) is 14.9 Å². The predicted octanol–water partition coefficient (Wildman–Crippen LogP) is 4.70. The number of ether oxygens (including phenoxy) is 1. The zero-order chi connectivity index (χ0) is 23.9. The molecule has 1 atom stereocenters. The van der Waals surface area contributed by atoms with Crippen LogP contribution in [0.25, 0.3) is 0 Å². The Morgan fingerprint density at radius 1 is 1.19 bits per heavy atom. The number of imide groups is 1. The number of carbonyl (C=O) groups is 2. The second kappa shape index (κ2) is 10.6. The van der Waals surface area contributed by atoms with Crippen LogP contribution in [0.1, 0.15) is 30.5 Å². The Hall–Kier alpha value is -3.59. The quantitative estimate of drug-likeness (QED) is 0.464. The highest BCUT2D eigenvalue weighted by Crippen LogP contribution is 2.38. The molecule has 8 nitrogen and oxygen atoms in total. The summed E-state index contributed by atoms with van der Waals surface area (Å²) in [5.41, 5.74) is 3.32. The first-order chi connectivity index (χ1) is 15.2. The van der Waals surface area contributed by atoms with E-state index in [1.54, 1.807) is 63.2 Å². The monoisotopic (exact) mass is 471 g/mol. The molecule has 0 aliphatic carbocycles. The van der Waals surface area contributed by atoms with Crippen LogP contribution in [0.15, 0.2) is 41.5 Å². The van der Waals surface area contributed by atoms with Gasteiger partial charge in [0.25, 0.3) is 5.91 Å². The Kier molecular flexibility index (Phi) is 8.20. The molecule has 0 aliphatic rings. The van der Waals surface area contributed by atoms with Crippen LogP contribution in [0, 0.1) is 29.6 Å². The van der Waals surface area contributed by atoms with Gasteiger partial charge >= 0.3 is 6.09 Å². The highest BCUT2D eigenvalue weighted by atomic mass is 35.5. The molecule has 164 valence electrons. The summed E-state index contributed by atoms with van der Waals surface area (Å²) >= 11 is 12.4. The van der Waals surface area contributed by atoms with Gasteiger partial charge in [-0.2, -0.15) is 15.6 Å². The second-order valence-corrected chi connectivity index (χ2v) is 7.59. The number of benzene rings is 2. The molecule has 2 aromatic rings. The number of aryl methyl sites for hydroxylation is 1. The van der Waals surface area contributed by atoms with E-state index in [4.69, 9.17) is 28.5 Å². The molecular formula is C22H19Cl2N5O3. The molecule has 0 bridgehead atoms. The summed E-state index contributed by atoms with van der Waals surface area (Å²) < 4.78 is 4.60. The summed E-state index contributed by atoms with van der Waals surface area (Å²) in [5, 5.41) is 25.6. The number of hydrogen-bond donors (Lipinski definition) is 2. The van der Waals surface area contributed by atoms with Gasteiger partial charge in [-0.05, 0) is 55.7 Å². The van der Waals surface area contributed by atoms with Crippen molar-refractivity contribution in [1.82, 2.24) is 5.32 Å². The van der Waals surface area contributed by atoms with E-state index in [1.165, 1.54) is 0 Å². The van der Waals surface area contributed by atoms with Crippen LogP contribution in [-0.4, -0.2) is 24.3 Å². The number of hydrazone groups is 1. The van der Waals surface area contributed by atoms with Gasteiger partial charge in [0, 0.05) is 10.0 Å². The van der Waals surface area contributed by atoms with Crippen LogP contribution >= 0.6 is 23.2 Å². The number of alkyl carbamates (subject to hydrolysis) is 1. The van der Waals surface area contributed by atoms with Gasteiger partial charge in [0.2, 0.25) is 5.71 Å². The number of carbonyl (C=O) groups excluding carboxylic acids is 2. The fourth-order valence-electron chi connectivity index (χ4n) is 2.81. The van der Waals surface area contributed by atoms with Crippen molar-refractivity contribution >= 4 is 46.6 Å². The molecule has 10 heteroatoms. The largest absolute Gasteiger partial charge is 0.450 e. The SMILES string of the molecule is CCOC(=O)NC(=O)C(C#N)=NNc1cc(Cl)c(C(C)(C#N)c2ccc(Cl)cc2)cc1C. The molecule has 0 spiro atoms. The summed E-state index contributed by atoms with van der Waals surface area (Å²) in [6.07, 6.45) is -0.984. The van der Waals surface area contributed by atoms with Crippen LogP contribution in [0.3, 0.4) is 0 Å². The molecular weight excluding hydrogens is 453 g/mol. The minimum Gasteiger partial charge on any atom is -0.450 e. The third-order valence-electron chi connectivity index (χ3n) is 4.60. The maximum atomic E-state index is 12.0. The van der Waals surface area contributed by atoms with Gasteiger partial charge in [0.1, 0.15) is 11.5 Å². The highest BCUT2D eigenvalue weighted by molar-refractivity contribution is 6.46. The summed E-state index contributed by atoms with van der Waals surface area (Å²) in [4.78, 5) is 23.3. The van der Waals surface area contributed by atoms with E-state index < -0.39 is 23.1 Å². The molecule has 2 aromatic carbocycles. The summed E-state index contributed by atoms with van der Waals surface area (Å²) in [6, 6.07) is 14.1. The fraction of sp³-hybridized carbons (Fsp3) is 0.227. The van der Waals surface area contributed by atoms with Crippen molar-refractivity contribution in [3.05, 3.63) is 63.1 Å². The van der Waals surface area contributed by atoms with Gasteiger partial charge in [0.05, 0.1) is 18.4 Å². The second-order valence-electron chi connectivity index (χ2n) is 6.75. The lowest BCUT2D eigenvalue weighted by molar-refractivity contribution is -0.114. The van der Waals surface area contributed by atoms with E-state index in [2.05, 4.69) is 21.3 Å². The van der Waals surface area contributed by atoms with Crippen molar-refractivity contribution in [2.45, 2.75) is 26.2 Å². The molecule has 2 rings (SSSR count). The first-order valence-electron chi connectivity index (χ1n) is 9.36. The van der Waals surface area contributed by atoms with Crippen molar-refractivity contribution in [2.24, 2.45) is 5.10 Å². The average Bonchev–Trinajstić information content (AvgIpc) is 2.76. The van der Waals surface area contributed by atoms with Crippen molar-refractivity contribution in [3.63, 3.8) is 0 Å². The molecule has 0 aliphatic heterocycles. The summed E-state index contributed by atoms with van der Waals surface area (Å²) in [7, 11) is 0. The van der Waals surface area contributed by atoms with E-state index in [0.717, 1.165) is 0 Å². The van der Waals surface area contributed by atoms with Crippen molar-refractivity contribution < 1.29 is 14.3 Å². The van der Waals surface area contributed by atoms with Crippen LogP contribution in [-0.2, 0) is 14.9 Å². The van der Waals surface area contributed by atoms with Gasteiger partial charge in [-0.1, -0.05) is 41.4 Å². The topological polar surface area (TPSA) is 127 Å². The molecule has 2 N–H and O–H groups in total. The first kappa shape index (κ1) is 24.7. The molecule has 0 saturated heterocycles. The van der Waals surface area contributed by atoms with Crippen molar-refractivity contribution in [1.29, 1.82) is 10.5 Å². The van der Waals surface area contributed by atoms with Crippen LogP contribution in [0.4, 0.5) is 10.5 Å². The number of halogens is 2. The van der Waals surface area contributed by atoms with Gasteiger partial charge in [-0.3, -0.25) is 15.5 Å². The molecule has 0 fully saturated rings. The molecule has 0 saturated carbocycles. The predicted molar refractivity (Wildman–Crippen MR) is 122 cm³/mol. The molecule has 32 heavy (non-hydrogen) atoms. The third kappa shape index (κ3) is 5.55. The number of amides is 2. The van der Waals surface area contributed by atoms with Crippen LogP contribution < -0.4 is 10.7 Å². The molecule has 0 aromatic heterocycles. The maximum absolute atomic E-state index is 12.0.